The van der Waals surface area contributed by atoms with E-state index >= 15 is 0 Å². The number of nitrogens with one attached hydrogen (secondary N) is 1. The quantitative estimate of drug-likeness (QED) is 0.277. The molecule has 0 saturated carbocycles. The summed E-state index contributed by atoms with van der Waals surface area (Å²) in [7, 11) is 1.24. The van der Waals surface area contributed by atoms with Crippen molar-refractivity contribution in [1.82, 2.24) is 4.98 Å². The van der Waals surface area contributed by atoms with Gasteiger partial charge in [-0.1, -0.05) is 15.9 Å². The molecule has 1 fully saturated rings. The van der Waals surface area contributed by atoms with Crippen molar-refractivity contribution >= 4 is 39.8 Å². The number of ether oxygens (including phenoxy) is 3. The standard InChI is InChI=1S/C21H26BrN3O5/c1-13(18(22)7-16(9-23)20(26)28-4)11-30-21(27)17-8-19(15(3)24-10-17)25-5-6-29-12-14(25)2/h7-10,14,23H,5-6,11-12H2,1-4H3/b16-7+,18-13+,23-9?. The molecule has 1 aliphatic heterocycles. The number of halogens is 1. The van der Waals surface area contributed by atoms with Crippen molar-refractivity contribution in [3.63, 3.8) is 0 Å². The number of aromatic nitrogens is 1. The maximum atomic E-state index is 12.6. The molecule has 0 aromatic carbocycles. The molecule has 1 atom stereocenters. The molecule has 1 saturated heterocycles. The average molecular weight is 480 g/mol. The summed E-state index contributed by atoms with van der Waals surface area (Å²) >= 11 is 3.34. The number of carbonyl (C=O) groups excluding carboxylic acids is 2. The van der Waals surface area contributed by atoms with Crippen LogP contribution in [-0.2, 0) is 19.0 Å². The molecule has 162 valence electrons. The number of nitrogens with zero attached hydrogens (tertiary/aromatic N) is 2. The summed E-state index contributed by atoms with van der Waals surface area (Å²) in [5.74, 6) is -1.11. The van der Waals surface area contributed by atoms with E-state index in [2.05, 4.69) is 37.5 Å². The molecule has 1 aromatic rings. The predicted octanol–water partition coefficient (Wildman–Crippen LogP) is 3.19. The third kappa shape index (κ3) is 5.99. The third-order valence-corrected chi connectivity index (χ3v) is 5.57. The second kappa shape index (κ2) is 11.0. The molecular formula is C21H26BrN3O5. The predicted molar refractivity (Wildman–Crippen MR) is 117 cm³/mol. The molecule has 0 bridgehead atoms. The maximum absolute atomic E-state index is 12.6. The fraction of sp³-hybridized carbons (Fsp3) is 0.429. The van der Waals surface area contributed by atoms with Gasteiger partial charge in [-0.05, 0) is 38.5 Å². The molecule has 1 aliphatic rings. The van der Waals surface area contributed by atoms with E-state index in [1.165, 1.54) is 19.4 Å². The number of hydrogen-bond acceptors (Lipinski definition) is 8. The zero-order valence-corrected chi connectivity index (χ0v) is 19.1. The van der Waals surface area contributed by atoms with Gasteiger partial charge in [0.1, 0.15) is 6.61 Å². The van der Waals surface area contributed by atoms with Gasteiger partial charge in [0.25, 0.3) is 0 Å². The van der Waals surface area contributed by atoms with Crippen LogP contribution in [0.15, 0.2) is 34.0 Å². The highest BCUT2D eigenvalue weighted by atomic mass is 79.9. The Morgan fingerprint density at radius 2 is 2.20 bits per heavy atom. The molecule has 0 amide bonds. The lowest BCUT2D eigenvalue weighted by Gasteiger charge is -2.36. The smallest absolute Gasteiger partial charge is 0.340 e. The summed E-state index contributed by atoms with van der Waals surface area (Å²) in [5.41, 5.74) is 2.84. The Morgan fingerprint density at radius 3 is 2.83 bits per heavy atom. The van der Waals surface area contributed by atoms with E-state index in [0.29, 0.717) is 28.8 Å². The lowest BCUT2D eigenvalue weighted by atomic mass is 10.1. The van der Waals surface area contributed by atoms with Gasteiger partial charge >= 0.3 is 11.9 Å². The van der Waals surface area contributed by atoms with E-state index in [1.807, 2.05) is 6.92 Å². The SMILES string of the molecule is COC(=O)/C(C=N)=C/C(Br)=C(/C)COC(=O)c1cnc(C)c(N2CCOCC2C)c1. The number of rotatable bonds is 7. The van der Waals surface area contributed by atoms with E-state index in [9.17, 15) is 9.59 Å². The van der Waals surface area contributed by atoms with Gasteiger partial charge in [-0.3, -0.25) is 4.98 Å². The summed E-state index contributed by atoms with van der Waals surface area (Å²) in [6, 6.07) is 1.99. The van der Waals surface area contributed by atoms with Gasteiger partial charge in [0.15, 0.2) is 0 Å². The number of esters is 2. The van der Waals surface area contributed by atoms with Crippen LogP contribution >= 0.6 is 15.9 Å². The van der Waals surface area contributed by atoms with E-state index in [0.717, 1.165) is 24.1 Å². The molecule has 1 aromatic heterocycles. The Balaban J connectivity index is 2.12. The fourth-order valence-corrected chi connectivity index (χ4v) is 3.23. The van der Waals surface area contributed by atoms with Crippen LogP contribution in [0.2, 0.25) is 0 Å². The first-order valence-corrected chi connectivity index (χ1v) is 10.2. The Bertz CT molecular complexity index is 881. The Hall–Kier alpha value is -2.52. The van der Waals surface area contributed by atoms with E-state index in [-0.39, 0.29) is 18.2 Å². The van der Waals surface area contributed by atoms with Crippen molar-refractivity contribution in [3.05, 3.63) is 45.2 Å². The monoisotopic (exact) mass is 479 g/mol. The van der Waals surface area contributed by atoms with Crippen LogP contribution < -0.4 is 4.90 Å². The number of morpholine rings is 1. The van der Waals surface area contributed by atoms with Crippen LogP contribution in [0.3, 0.4) is 0 Å². The minimum Gasteiger partial charge on any atom is -0.465 e. The molecule has 1 N–H and O–H groups in total. The van der Waals surface area contributed by atoms with Gasteiger partial charge in [0.2, 0.25) is 0 Å². The van der Waals surface area contributed by atoms with Crippen molar-refractivity contribution in [2.75, 3.05) is 38.4 Å². The van der Waals surface area contributed by atoms with Crippen LogP contribution in [0.1, 0.15) is 29.9 Å². The minimum atomic E-state index is -0.623. The van der Waals surface area contributed by atoms with E-state index in [4.69, 9.17) is 14.9 Å². The van der Waals surface area contributed by atoms with Crippen molar-refractivity contribution in [2.24, 2.45) is 0 Å². The first-order valence-electron chi connectivity index (χ1n) is 9.42. The van der Waals surface area contributed by atoms with Gasteiger partial charge in [0, 0.05) is 29.5 Å². The van der Waals surface area contributed by atoms with Crippen LogP contribution in [-0.4, -0.2) is 62.7 Å². The first kappa shape index (κ1) is 23.8. The summed E-state index contributed by atoms with van der Waals surface area (Å²) in [4.78, 5) is 30.7. The fourth-order valence-electron chi connectivity index (χ4n) is 2.87. The highest BCUT2D eigenvalue weighted by molar-refractivity contribution is 9.11. The summed E-state index contributed by atoms with van der Waals surface area (Å²) < 4.78 is 16.0. The normalized spacial score (nSPS) is 17.8. The van der Waals surface area contributed by atoms with Crippen molar-refractivity contribution < 1.29 is 23.8 Å². The second-order valence-corrected chi connectivity index (χ2v) is 7.74. The second-order valence-electron chi connectivity index (χ2n) is 6.89. The van der Waals surface area contributed by atoms with Gasteiger partial charge in [-0.15, -0.1) is 0 Å². The van der Waals surface area contributed by atoms with Crippen LogP contribution in [0.5, 0.6) is 0 Å². The average Bonchev–Trinajstić information content (AvgIpc) is 2.75. The zero-order chi connectivity index (χ0) is 22.3. The lowest BCUT2D eigenvalue weighted by molar-refractivity contribution is -0.135. The molecule has 0 aliphatic carbocycles. The maximum Gasteiger partial charge on any atom is 0.340 e. The lowest BCUT2D eigenvalue weighted by Crippen LogP contribution is -2.44. The van der Waals surface area contributed by atoms with Crippen molar-refractivity contribution in [2.45, 2.75) is 26.8 Å². The van der Waals surface area contributed by atoms with Gasteiger partial charge in [0.05, 0.1) is 42.8 Å². The molecule has 9 heteroatoms. The van der Waals surface area contributed by atoms with E-state index < -0.39 is 11.9 Å². The van der Waals surface area contributed by atoms with Crippen LogP contribution in [0.25, 0.3) is 0 Å². The third-order valence-electron chi connectivity index (χ3n) is 4.66. The number of pyridine rings is 1. The first-order chi connectivity index (χ1) is 14.3. The molecule has 1 unspecified atom stereocenters. The number of carbonyl (C=O) groups is 2. The number of aryl methyl sites for hydroxylation is 1. The van der Waals surface area contributed by atoms with Crippen LogP contribution in [0.4, 0.5) is 5.69 Å². The molecular weight excluding hydrogens is 454 g/mol. The molecule has 0 radical (unpaired) electrons. The van der Waals surface area contributed by atoms with Crippen molar-refractivity contribution in [3.8, 4) is 0 Å². The molecule has 0 spiro atoms. The highest BCUT2D eigenvalue weighted by Crippen LogP contribution is 2.24. The minimum absolute atomic E-state index is 0.0134. The highest BCUT2D eigenvalue weighted by Gasteiger charge is 2.22. The molecule has 2 heterocycles. The zero-order valence-electron chi connectivity index (χ0n) is 17.5. The van der Waals surface area contributed by atoms with Crippen LogP contribution in [0, 0.1) is 12.3 Å². The molecule has 8 nitrogen and oxygen atoms in total. The Morgan fingerprint density at radius 1 is 1.47 bits per heavy atom. The number of allylic oxidation sites excluding steroid dienone is 2. The van der Waals surface area contributed by atoms with Crippen molar-refractivity contribution in [1.29, 1.82) is 5.41 Å². The van der Waals surface area contributed by atoms with Gasteiger partial charge in [-0.2, -0.15) is 0 Å². The molecule has 30 heavy (non-hydrogen) atoms. The number of hydrogen-bond donors (Lipinski definition) is 1. The van der Waals surface area contributed by atoms with E-state index in [1.54, 1.807) is 13.0 Å². The summed E-state index contributed by atoms with van der Waals surface area (Å²) in [6.45, 7) is 7.74. The number of anilines is 1. The Labute approximate surface area is 184 Å². The summed E-state index contributed by atoms with van der Waals surface area (Å²) in [5, 5.41) is 7.30. The largest absolute Gasteiger partial charge is 0.465 e. The molecule has 2 rings (SSSR count). The Kier molecular flexibility index (Phi) is 8.73. The van der Waals surface area contributed by atoms with Gasteiger partial charge in [-0.25, -0.2) is 9.59 Å². The topological polar surface area (TPSA) is 102 Å². The number of methoxy groups -OCH3 is 1. The van der Waals surface area contributed by atoms with Gasteiger partial charge < -0.3 is 24.5 Å². The summed E-state index contributed by atoms with van der Waals surface area (Å²) in [6.07, 6.45) is 3.86.